The van der Waals surface area contributed by atoms with Crippen LogP contribution in [0.1, 0.15) is 32.3 Å². The fourth-order valence-electron chi connectivity index (χ4n) is 2.79. The molecule has 0 unspecified atom stereocenters. The summed E-state index contributed by atoms with van der Waals surface area (Å²) in [5, 5.41) is 12.2. The first-order chi connectivity index (χ1) is 11.9. The van der Waals surface area contributed by atoms with E-state index < -0.39 is 5.91 Å². The Balaban J connectivity index is 2.07. The van der Waals surface area contributed by atoms with Crippen molar-refractivity contribution in [2.75, 3.05) is 31.5 Å². The molecule has 1 aliphatic heterocycles. The minimum Gasteiger partial charge on any atom is -0.373 e. The van der Waals surface area contributed by atoms with Crippen molar-refractivity contribution in [1.29, 1.82) is 5.26 Å². The molecule has 0 aliphatic carbocycles. The molecular weight excluding hydrogens is 316 g/mol. The van der Waals surface area contributed by atoms with Gasteiger partial charge in [0.2, 0.25) is 5.91 Å². The molecule has 0 spiro atoms. The Morgan fingerprint density at radius 2 is 1.84 bits per heavy atom. The highest BCUT2D eigenvalue weighted by atomic mass is 16.2. The molecule has 0 bridgehead atoms. The molecule has 1 aromatic carbocycles. The average molecular weight is 340 g/mol. The first kappa shape index (κ1) is 18.5. The molecule has 6 heteroatoms. The Bertz CT molecular complexity index is 710. The largest absolute Gasteiger partial charge is 0.373 e. The lowest BCUT2D eigenvalue weighted by Crippen LogP contribution is -2.46. The summed E-state index contributed by atoms with van der Waals surface area (Å²) in [5.41, 5.74) is 1.82. The second-order valence-corrected chi connectivity index (χ2v) is 6.39. The molecule has 1 aromatic rings. The number of hydrogen-bond donors (Lipinski definition) is 1. The Labute approximate surface area is 148 Å². The number of para-hydroxylation sites is 1. The van der Waals surface area contributed by atoms with E-state index in [0.29, 0.717) is 26.2 Å². The maximum atomic E-state index is 12.5. The molecule has 0 radical (unpaired) electrons. The van der Waals surface area contributed by atoms with Crippen molar-refractivity contribution >= 4 is 17.5 Å². The molecule has 2 rings (SSSR count). The smallest absolute Gasteiger partial charge is 0.267 e. The lowest BCUT2D eigenvalue weighted by molar-refractivity contribution is -0.130. The van der Waals surface area contributed by atoms with Crippen molar-refractivity contribution in [3.63, 3.8) is 0 Å². The molecule has 0 aromatic heterocycles. The number of rotatable bonds is 4. The van der Waals surface area contributed by atoms with Gasteiger partial charge in [0.05, 0.1) is 0 Å². The molecule has 1 heterocycles. The normalized spacial score (nSPS) is 15.1. The average Bonchev–Trinajstić information content (AvgIpc) is 2.60. The Kier molecular flexibility index (Phi) is 6.18. The summed E-state index contributed by atoms with van der Waals surface area (Å²) in [6.07, 6.45) is 1.59. The van der Waals surface area contributed by atoms with Crippen LogP contribution < -0.4 is 5.32 Å². The van der Waals surface area contributed by atoms with Crippen molar-refractivity contribution in [2.24, 2.45) is 0 Å². The van der Waals surface area contributed by atoms with Crippen molar-refractivity contribution in [3.05, 3.63) is 41.6 Å². The molecule has 6 nitrogen and oxygen atoms in total. The van der Waals surface area contributed by atoms with Gasteiger partial charge in [0.25, 0.3) is 5.91 Å². The number of anilines is 1. The number of carbonyl (C=O) groups is 2. The first-order valence-corrected chi connectivity index (χ1v) is 8.44. The maximum Gasteiger partial charge on any atom is 0.267 e. The van der Waals surface area contributed by atoms with E-state index in [9.17, 15) is 14.9 Å². The van der Waals surface area contributed by atoms with Crippen LogP contribution in [0.25, 0.3) is 0 Å². The minimum absolute atomic E-state index is 0.0483. The van der Waals surface area contributed by atoms with Gasteiger partial charge in [0.1, 0.15) is 11.6 Å². The quantitative estimate of drug-likeness (QED) is 0.674. The molecule has 2 amide bonds. The molecule has 25 heavy (non-hydrogen) atoms. The Hall–Kier alpha value is -2.81. The molecule has 0 atom stereocenters. The molecule has 1 aliphatic rings. The van der Waals surface area contributed by atoms with Gasteiger partial charge in [0, 0.05) is 45.0 Å². The van der Waals surface area contributed by atoms with Crippen LogP contribution in [0.3, 0.4) is 0 Å². The van der Waals surface area contributed by atoms with E-state index in [-0.39, 0.29) is 17.4 Å². The number of nitriles is 1. The molecule has 0 saturated carbocycles. The predicted octanol–water partition coefficient (Wildman–Crippen LogP) is 2.32. The standard InChI is InChI=1S/C19H24N4O2/c1-14(2)17-6-4-5-7-18(17)21-19(25)16(12-20)13-22-8-10-23(11-9-22)15(3)24/h4-7,13-14H,8-11H2,1-3H3,(H,21,25)/b16-13-. The fourth-order valence-corrected chi connectivity index (χ4v) is 2.79. The summed E-state index contributed by atoms with van der Waals surface area (Å²) >= 11 is 0. The van der Waals surface area contributed by atoms with Gasteiger partial charge in [-0.25, -0.2) is 0 Å². The van der Waals surface area contributed by atoms with E-state index in [2.05, 4.69) is 19.2 Å². The summed E-state index contributed by atoms with van der Waals surface area (Å²) in [5.74, 6) is -0.0950. The van der Waals surface area contributed by atoms with E-state index >= 15 is 0 Å². The minimum atomic E-state index is -0.412. The summed E-state index contributed by atoms with van der Waals surface area (Å²) in [6.45, 7) is 8.08. The highest BCUT2D eigenvalue weighted by Gasteiger charge is 2.19. The zero-order chi connectivity index (χ0) is 18.4. The summed E-state index contributed by atoms with van der Waals surface area (Å²) < 4.78 is 0. The summed E-state index contributed by atoms with van der Waals surface area (Å²) in [4.78, 5) is 27.5. The lowest BCUT2D eigenvalue weighted by Gasteiger charge is -2.33. The van der Waals surface area contributed by atoms with Crippen LogP contribution in [0.15, 0.2) is 36.0 Å². The van der Waals surface area contributed by atoms with Crippen molar-refractivity contribution in [1.82, 2.24) is 9.80 Å². The predicted molar refractivity (Wildman–Crippen MR) is 96.7 cm³/mol. The van der Waals surface area contributed by atoms with Crippen LogP contribution in [0, 0.1) is 11.3 Å². The SMILES string of the molecule is CC(=O)N1CCN(/C=C(/C#N)C(=O)Nc2ccccc2C(C)C)CC1. The highest BCUT2D eigenvalue weighted by Crippen LogP contribution is 2.24. The molecular formula is C19H24N4O2. The summed E-state index contributed by atoms with van der Waals surface area (Å²) in [6, 6.07) is 9.58. The fraction of sp³-hybridized carbons (Fsp3) is 0.421. The van der Waals surface area contributed by atoms with Crippen LogP contribution in [0.2, 0.25) is 0 Å². The Morgan fingerprint density at radius 3 is 2.40 bits per heavy atom. The first-order valence-electron chi connectivity index (χ1n) is 8.44. The van der Waals surface area contributed by atoms with Gasteiger partial charge < -0.3 is 15.1 Å². The van der Waals surface area contributed by atoms with Crippen LogP contribution in [-0.2, 0) is 9.59 Å². The van der Waals surface area contributed by atoms with Gasteiger partial charge in [0.15, 0.2) is 0 Å². The molecule has 1 N–H and O–H groups in total. The lowest BCUT2D eigenvalue weighted by atomic mass is 10.0. The third kappa shape index (κ3) is 4.83. The number of benzene rings is 1. The van der Waals surface area contributed by atoms with Gasteiger partial charge in [-0.05, 0) is 17.5 Å². The molecule has 1 saturated heterocycles. The molecule has 1 fully saturated rings. The second kappa shape index (κ2) is 8.34. The van der Waals surface area contributed by atoms with E-state index in [1.165, 1.54) is 0 Å². The second-order valence-electron chi connectivity index (χ2n) is 6.39. The maximum absolute atomic E-state index is 12.5. The van der Waals surface area contributed by atoms with Crippen molar-refractivity contribution in [3.8, 4) is 6.07 Å². The van der Waals surface area contributed by atoms with Gasteiger partial charge in [-0.1, -0.05) is 32.0 Å². The number of piperazine rings is 1. The van der Waals surface area contributed by atoms with Crippen LogP contribution in [-0.4, -0.2) is 47.8 Å². The van der Waals surface area contributed by atoms with Gasteiger partial charge in [-0.3, -0.25) is 9.59 Å². The molecule has 132 valence electrons. The topological polar surface area (TPSA) is 76.4 Å². The third-order valence-corrected chi connectivity index (χ3v) is 4.27. The number of nitrogens with one attached hydrogen (secondary N) is 1. The van der Waals surface area contributed by atoms with Crippen LogP contribution in [0.4, 0.5) is 5.69 Å². The van der Waals surface area contributed by atoms with Crippen LogP contribution in [0.5, 0.6) is 0 Å². The number of nitrogens with zero attached hydrogens (tertiary/aromatic N) is 3. The third-order valence-electron chi connectivity index (χ3n) is 4.27. The monoisotopic (exact) mass is 340 g/mol. The van der Waals surface area contributed by atoms with Crippen molar-refractivity contribution in [2.45, 2.75) is 26.7 Å². The zero-order valence-corrected chi connectivity index (χ0v) is 15.0. The van der Waals surface area contributed by atoms with Gasteiger partial charge in [-0.15, -0.1) is 0 Å². The van der Waals surface area contributed by atoms with E-state index in [1.807, 2.05) is 35.2 Å². The number of hydrogen-bond acceptors (Lipinski definition) is 4. The van der Waals surface area contributed by atoms with E-state index in [1.54, 1.807) is 18.0 Å². The zero-order valence-electron chi connectivity index (χ0n) is 15.0. The van der Waals surface area contributed by atoms with E-state index in [0.717, 1.165) is 11.3 Å². The summed E-state index contributed by atoms with van der Waals surface area (Å²) in [7, 11) is 0. The van der Waals surface area contributed by atoms with E-state index in [4.69, 9.17) is 0 Å². The Morgan fingerprint density at radius 1 is 1.20 bits per heavy atom. The number of amides is 2. The van der Waals surface area contributed by atoms with Gasteiger partial charge in [-0.2, -0.15) is 5.26 Å². The van der Waals surface area contributed by atoms with Crippen LogP contribution >= 0.6 is 0 Å². The number of carbonyl (C=O) groups excluding carboxylic acids is 2. The highest BCUT2D eigenvalue weighted by molar-refractivity contribution is 6.06. The van der Waals surface area contributed by atoms with Gasteiger partial charge >= 0.3 is 0 Å². The van der Waals surface area contributed by atoms with Crippen molar-refractivity contribution < 1.29 is 9.59 Å².